The number of aliphatic hydroxyl groups is 1. The van der Waals surface area contributed by atoms with Crippen molar-refractivity contribution in [2.24, 2.45) is 5.41 Å². The van der Waals surface area contributed by atoms with Crippen LogP contribution in [0.15, 0.2) is 12.5 Å². The van der Waals surface area contributed by atoms with Gasteiger partial charge in [0.05, 0.1) is 19.4 Å². The predicted octanol–water partition coefficient (Wildman–Crippen LogP) is -1.36. The second-order valence-electron chi connectivity index (χ2n) is 10.1. The molecule has 4 amide bonds. The Hall–Kier alpha value is -3.99. The van der Waals surface area contributed by atoms with Crippen molar-refractivity contribution in [2.45, 2.75) is 65.0 Å². The molecule has 17 heteroatoms. The number of nitrogens with one attached hydrogen (secondary N) is 5. The number of esters is 1. The van der Waals surface area contributed by atoms with E-state index in [0.29, 0.717) is 13.0 Å². The van der Waals surface area contributed by atoms with Crippen molar-refractivity contribution < 1.29 is 48.5 Å². The van der Waals surface area contributed by atoms with Gasteiger partial charge in [-0.2, -0.15) is 0 Å². The van der Waals surface area contributed by atoms with Crippen LogP contribution in [-0.4, -0.2) is 105 Å². The molecule has 0 saturated carbocycles. The third-order valence-electron chi connectivity index (χ3n) is 5.82. The first-order valence-electron chi connectivity index (χ1n) is 13.5. The summed E-state index contributed by atoms with van der Waals surface area (Å²) in [5.74, 6) is -3.94. The van der Waals surface area contributed by atoms with E-state index in [1.54, 1.807) is 6.20 Å². The minimum absolute atomic E-state index is 0.0812. The van der Waals surface area contributed by atoms with Crippen molar-refractivity contribution in [3.05, 3.63) is 18.2 Å². The van der Waals surface area contributed by atoms with Gasteiger partial charge in [-0.1, -0.05) is 25.6 Å². The molecule has 0 aliphatic carbocycles. The average Bonchev–Trinajstić information content (AvgIpc) is 3.45. The van der Waals surface area contributed by atoms with Gasteiger partial charge in [0, 0.05) is 68.9 Å². The summed E-state index contributed by atoms with van der Waals surface area (Å²) in [6.45, 7) is 4.23. The Bertz CT molecular complexity index is 1110. The average molecular weight is 629 g/mol. The van der Waals surface area contributed by atoms with Crippen LogP contribution in [-0.2, 0) is 44.7 Å². The number of ether oxygens (including phenoxy) is 1. The summed E-state index contributed by atoms with van der Waals surface area (Å²) >= 11 is 0.916. The summed E-state index contributed by atoms with van der Waals surface area (Å²) in [5.41, 5.74) is -0.339. The lowest BCUT2D eigenvalue weighted by Crippen LogP contribution is -2.47. The number of hydrogen-bond donors (Lipinski definition) is 7. The molecular formula is C26H40N6O10S. The smallest absolute Gasteiger partial charge is 0.326 e. The third-order valence-corrected chi connectivity index (χ3v) is 6.70. The van der Waals surface area contributed by atoms with Crippen molar-refractivity contribution in [3.63, 3.8) is 0 Å². The fraction of sp³-hybridized carbons (Fsp3) is 0.615. The van der Waals surface area contributed by atoms with Gasteiger partial charge < -0.3 is 41.2 Å². The van der Waals surface area contributed by atoms with Crippen LogP contribution in [0.2, 0.25) is 0 Å². The number of aliphatic carboxylic acids is 1. The van der Waals surface area contributed by atoms with Crippen molar-refractivity contribution in [1.82, 2.24) is 31.2 Å². The molecule has 0 bridgehead atoms. The summed E-state index contributed by atoms with van der Waals surface area (Å²) in [5, 5.41) is 29.0. The number of thioether (sulfide) groups is 1. The molecular weight excluding hydrogens is 588 g/mol. The standard InChI is InChI=1S/C26H40N6O10S/c1-16(33)32-18(25(40)41)4-5-21(36)42-14-26(2,3)23(38)24(39)30-9-7-19(34)29-10-11-43-22(37)12-20(35)28-8-6-17-13-27-15-31-17/h13,15,18,23,38H,4-12,14H2,1-3H3,(H,27,31)(H,28,35)(H,29,34)(H,30,39)(H,32,33)(H,40,41)/t18-,23-/m0/s1. The summed E-state index contributed by atoms with van der Waals surface area (Å²) in [6, 6.07) is -1.25. The Morgan fingerprint density at radius 2 is 1.72 bits per heavy atom. The maximum atomic E-state index is 12.3. The van der Waals surface area contributed by atoms with Gasteiger partial charge in [0.2, 0.25) is 23.6 Å². The molecule has 0 aliphatic heterocycles. The monoisotopic (exact) mass is 628 g/mol. The van der Waals surface area contributed by atoms with Crippen molar-refractivity contribution in [3.8, 4) is 0 Å². The van der Waals surface area contributed by atoms with E-state index < -0.39 is 53.1 Å². The number of carboxylic acid groups (broad SMARTS) is 1. The molecule has 43 heavy (non-hydrogen) atoms. The topological polar surface area (TPSA) is 246 Å². The number of hydrogen-bond acceptors (Lipinski definition) is 11. The fourth-order valence-corrected chi connectivity index (χ4v) is 4.04. The van der Waals surface area contributed by atoms with E-state index in [1.807, 2.05) is 0 Å². The zero-order valence-corrected chi connectivity index (χ0v) is 25.2. The number of imidazole rings is 1. The van der Waals surface area contributed by atoms with Gasteiger partial charge >= 0.3 is 11.9 Å². The van der Waals surface area contributed by atoms with Gasteiger partial charge in [-0.15, -0.1) is 0 Å². The highest BCUT2D eigenvalue weighted by Crippen LogP contribution is 2.22. The van der Waals surface area contributed by atoms with Crippen LogP contribution in [0.5, 0.6) is 0 Å². The molecule has 1 heterocycles. The number of carbonyl (C=O) groups excluding carboxylic acids is 6. The fourth-order valence-electron chi connectivity index (χ4n) is 3.38. The maximum Gasteiger partial charge on any atom is 0.326 e. The van der Waals surface area contributed by atoms with E-state index >= 15 is 0 Å². The summed E-state index contributed by atoms with van der Waals surface area (Å²) in [4.78, 5) is 89.1. The van der Waals surface area contributed by atoms with Crippen LogP contribution in [0.3, 0.4) is 0 Å². The van der Waals surface area contributed by atoms with Crippen LogP contribution < -0.4 is 21.3 Å². The number of rotatable bonds is 20. The molecule has 2 atom stereocenters. The lowest BCUT2D eigenvalue weighted by Gasteiger charge is -2.29. The van der Waals surface area contributed by atoms with Gasteiger partial charge in [-0.3, -0.25) is 28.8 Å². The first-order chi connectivity index (χ1) is 20.2. The number of nitrogens with zero attached hydrogens (tertiary/aromatic N) is 1. The van der Waals surface area contributed by atoms with Gasteiger partial charge in [0.1, 0.15) is 12.1 Å². The molecule has 0 aliphatic rings. The van der Waals surface area contributed by atoms with Crippen LogP contribution in [0.25, 0.3) is 0 Å². The molecule has 0 radical (unpaired) electrons. The summed E-state index contributed by atoms with van der Waals surface area (Å²) < 4.78 is 5.08. The maximum absolute atomic E-state index is 12.3. The zero-order chi connectivity index (χ0) is 32.4. The normalized spacial score (nSPS) is 12.4. The Labute approximate surface area is 252 Å². The first kappa shape index (κ1) is 37.0. The SMILES string of the molecule is CC(=O)N[C@@H](CCC(=O)OCC(C)(C)[C@@H](O)C(=O)NCCC(=O)NCCSC(=O)CC(=O)NCCc1cnc[nH]1)C(=O)O. The summed E-state index contributed by atoms with van der Waals surface area (Å²) in [6.07, 6.45) is 1.28. The molecule has 240 valence electrons. The molecule has 1 rings (SSSR count). The predicted molar refractivity (Wildman–Crippen MR) is 153 cm³/mol. The second-order valence-corrected chi connectivity index (χ2v) is 11.3. The minimum Gasteiger partial charge on any atom is -0.480 e. The van der Waals surface area contributed by atoms with E-state index in [1.165, 1.54) is 20.2 Å². The van der Waals surface area contributed by atoms with E-state index in [-0.39, 0.29) is 56.2 Å². The highest BCUT2D eigenvalue weighted by Gasteiger charge is 2.35. The number of aromatic nitrogens is 2. The largest absolute Gasteiger partial charge is 0.480 e. The summed E-state index contributed by atoms with van der Waals surface area (Å²) in [7, 11) is 0. The lowest BCUT2D eigenvalue weighted by molar-refractivity contribution is -0.154. The number of carbonyl (C=O) groups is 7. The van der Waals surface area contributed by atoms with Crippen molar-refractivity contribution in [1.29, 1.82) is 0 Å². The van der Waals surface area contributed by atoms with Crippen LogP contribution in [0.1, 0.15) is 52.1 Å². The van der Waals surface area contributed by atoms with Gasteiger partial charge in [0.25, 0.3) is 0 Å². The second kappa shape index (κ2) is 19.2. The van der Waals surface area contributed by atoms with Crippen LogP contribution in [0, 0.1) is 5.41 Å². The Morgan fingerprint density at radius 1 is 1.02 bits per heavy atom. The molecule has 1 aromatic heterocycles. The lowest BCUT2D eigenvalue weighted by atomic mass is 9.87. The first-order valence-corrected chi connectivity index (χ1v) is 14.5. The third kappa shape index (κ3) is 16.3. The molecule has 16 nitrogen and oxygen atoms in total. The highest BCUT2D eigenvalue weighted by atomic mass is 32.2. The molecule has 7 N–H and O–H groups in total. The number of aliphatic hydroxyl groups excluding tert-OH is 1. The molecule has 0 spiro atoms. The van der Waals surface area contributed by atoms with Crippen LogP contribution in [0.4, 0.5) is 0 Å². The Kier molecular flexibility index (Phi) is 16.6. The molecule has 0 aromatic carbocycles. The Balaban J connectivity index is 2.21. The Morgan fingerprint density at radius 3 is 2.35 bits per heavy atom. The zero-order valence-electron chi connectivity index (χ0n) is 24.4. The van der Waals surface area contributed by atoms with E-state index in [4.69, 9.17) is 9.84 Å². The molecule has 0 fully saturated rings. The van der Waals surface area contributed by atoms with Gasteiger partial charge in [-0.25, -0.2) is 9.78 Å². The van der Waals surface area contributed by atoms with Gasteiger partial charge in [-0.05, 0) is 6.42 Å². The number of H-pyrrole nitrogens is 1. The molecule has 1 aromatic rings. The quantitative estimate of drug-likeness (QED) is 0.0503. The molecule has 0 saturated heterocycles. The van der Waals surface area contributed by atoms with Gasteiger partial charge in [0.15, 0.2) is 5.12 Å². The number of aromatic amines is 1. The number of amides is 4. The minimum atomic E-state index is -1.58. The van der Waals surface area contributed by atoms with E-state index in [0.717, 1.165) is 24.4 Å². The van der Waals surface area contributed by atoms with E-state index in [2.05, 4.69) is 31.2 Å². The highest BCUT2D eigenvalue weighted by molar-refractivity contribution is 8.13. The van der Waals surface area contributed by atoms with Crippen LogP contribution >= 0.6 is 11.8 Å². The number of carboxylic acids is 1. The molecule has 0 unspecified atom stereocenters. The van der Waals surface area contributed by atoms with Crippen molar-refractivity contribution in [2.75, 3.05) is 32.0 Å². The van der Waals surface area contributed by atoms with Crippen molar-refractivity contribution >= 4 is 52.4 Å². The van der Waals surface area contributed by atoms with E-state index in [9.17, 15) is 38.7 Å².